The first kappa shape index (κ1) is 19.7. The lowest BCUT2D eigenvalue weighted by Gasteiger charge is -2.24. The molecule has 2 N–H and O–H groups in total. The molecule has 0 bridgehead atoms. The standard InChI is InChI=1S/C20H24N6O2S/c21-29(27,28)17-9-10-19(22-14-17)26-20(13-16-7-3-1-4-8-16)23-18(24-26)15-25-11-5-2-6-12-25/h1,3-4,7-10,14H,2,5-6,11-13,15H2,(H2,21,27,28). The zero-order chi connectivity index (χ0) is 20.3. The maximum atomic E-state index is 11.5. The Kier molecular flexibility index (Phi) is 5.70. The van der Waals surface area contributed by atoms with Gasteiger partial charge < -0.3 is 0 Å². The Morgan fingerprint density at radius 3 is 2.41 bits per heavy atom. The van der Waals surface area contributed by atoms with Crippen LogP contribution in [0.4, 0.5) is 0 Å². The van der Waals surface area contributed by atoms with E-state index < -0.39 is 10.0 Å². The summed E-state index contributed by atoms with van der Waals surface area (Å²) in [7, 11) is -3.79. The zero-order valence-electron chi connectivity index (χ0n) is 16.1. The van der Waals surface area contributed by atoms with Gasteiger partial charge in [0.1, 0.15) is 10.7 Å². The highest BCUT2D eigenvalue weighted by atomic mass is 32.2. The summed E-state index contributed by atoms with van der Waals surface area (Å²) in [5, 5.41) is 9.86. The summed E-state index contributed by atoms with van der Waals surface area (Å²) < 4.78 is 24.7. The molecule has 1 fully saturated rings. The Hall–Kier alpha value is -2.62. The molecule has 4 rings (SSSR count). The van der Waals surface area contributed by atoms with Gasteiger partial charge in [-0.05, 0) is 43.6 Å². The van der Waals surface area contributed by atoms with Crippen molar-refractivity contribution in [1.82, 2.24) is 24.6 Å². The molecule has 1 aliphatic rings. The molecule has 8 nitrogen and oxygen atoms in total. The molecule has 0 amide bonds. The molecule has 0 atom stereocenters. The Labute approximate surface area is 170 Å². The predicted molar refractivity (Wildman–Crippen MR) is 109 cm³/mol. The van der Waals surface area contributed by atoms with Gasteiger partial charge in [-0.25, -0.2) is 23.5 Å². The smallest absolute Gasteiger partial charge is 0.239 e. The number of hydrogen-bond donors (Lipinski definition) is 1. The lowest BCUT2D eigenvalue weighted by Crippen LogP contribution is -2.29. The maximum Gasteiger partial charge on any atom is 0.239 e. The molecule has 0 radical (unpaired) electrons. The van der Waals surface area contributed by atoms with Crippen molar-refractivity contribution >= 4 is 10.0 Å². The first-order valence-electron chi connectivity index (χ1n) is 9.69. The van der Waals surface area contributed by atoms with Crippen molar-refractivity contribution in [2.75, 3.05) is 13.1 Å². The van der Waals surface area contributed by atoms with Crippen molar-refractivity contribution in [3.05, 3.63) is 65.9 Å². The van der Waals surface area contributed by atoms with Crippen LogP contribution in [-0.2, 0) is 23.0 Å². The van der Waals surface area contributed by atoms with E-state index in [-0.39, 0.29) is 4.90 Å². The third kappa shape index (κ3) is 4.87. The zero-order valence-corrected chi connectivity index (χ0v) is 16.9. The number of likely N-dealkylation sites (tertiary alicyclic amines) is 1. The quantitative estimate of drug-likeness (QED) is 0.662. The van der Waals surface area contributed by atoms with Crippen LogP contribution in [0.5, 0.6) is 0 Å². The van der Waals surface area contributed by atoms with Gasteiger partial charge in [0.05, 0.1) is 6.54 Å². The number of piperidine rings is 1. The van der Waals surface area contributed by atoms with Gasteiger partial charge in [-0.1, -0.05) is 36.8 Å². The second kappa shape index (κ2) is 8.40. The number of rotatable bonds is 6. The topological polar surface area (TPSA) is 107 Å². The van der Waals surface area contributed by atoms with Crippen LogP contribution in [0.3, 0.4) is 0 Å². The highest BCUT2D eigenvalue weighted by molar-refractivity contribution is 7.89. The summed E-state index contributed by atoms with van der Waals surface area (Å²) in [6.07, 6.45) is 5.54. The van der Waals surface area contributed by atoms with Crippen LogP contribution >= 0.6 is 0 Å². The third-order valence-electron chi connectivity index (χ3n) is 5.00. The van der Waals surface area contributed by atoms with Crippen LogP contribution in [0.2, 0.25) is 0 Å². The second-order valence-electron chi connectivity index (χ2n) is 7.25. The van der Waals surface area contributed by atoms with Crippen molar-refractivity contribution in [3.8, 4) is 5.82 Å². The molecular formula is C20H24N6O2S. The normalized spacial score (nSPS) is 15.5. The Morgan fingerprint density at radius 2 is 1.76 bits per heavy atom. The van der Waals surface area contributed by atoms with E-state index in [2.05, 4.69) is 15.0 Å². The van der Waals surface area contributed by atoms with E-state index in [0.29, 0.717) is 18.8 Å². The average Bonchev–Trinajstić information content (AvgIpc) is 3.11. The van der Waals surface area contributed by atoms with Gasteiger partial charge in [-0.3, -0.25) is 4.90 Å². The molecule has 1 aliphatic heterocycles. The van der Waals surface area contributed by atoms with Gasteiger partial charge in [0, 0.05) is 12.6 Å². The Balaban J connectivity index is 1.66. The number of sulfonamides is 1. The maximum absolute atomic E-state index is 11.5. The molecule has 0 saturated carbocycles. The molecule has 3 aromatic rings. The monoisotopic (exact) mass is 412 g/mol. The molecule has 1 saturated heterocycles. The van der Waals surface area contributed by atoms with E-state index in [1.165, 1.54) is 31.5 Å². The summed E-state index contributed by atoms with van der Waals surface area (Å²) >= 11 is 0. The van der Waals surface area contributed by atoms with Gasteiger partial charge in [0.2, 0.25) is 10.0 Å². The Morgan fingerprint density at radius 1 is 1.00 bits per heavy atom. The van der Waals surface area contributed by atoms with Crippen molar-refractivity contribution in [2.24, 2.45) is 5.14 Å². The van der Waals surface area contributed by atoms with E-state index in [1.54, 1.807) is 10.7 Å². The number of pyridine rings is 1. The van der Waals surface area contributed by atoms with Crippen molar-refractivity contribution in [3.63, 3.8) is 0 Å². The first-order chi connectivity index (χ1) is 14.0. The molecule has 1 aromatic carbocycles. The highest BCUT2D eigenvalue weighted by Gasteiger charge is 2.18. The second-order valence-corrected chi connectivity index (χ2v) is 8.81. The average molecular weight is 413 g/mol. The lowest BCUT2D eigenvalue weighted by molar-refractivity contribution is 0.216. The van der Waals surface area contributed by atoms with Crippen LogP contribution in [0.1, 0.15) is 36.5 Å². The summed E-state index contributed by atoms with van der Waals surface area (Å²) in [6, 6.07) is 13.1. The molecule has 3 heterocycles. The fourth-order valence-corrected chi connectivity index (χ4v) is 3.98. The summed E-state index contributed by atoms with van der Waals surface area (Å²) in [5.74, 6) is 2.02. The molecular weight excluding hydrogens is 388 g/mol. The van der Waals surface area contributed by atoms with Crippen LogP contribution in [0.25, 0.3) is 5.82 Å². The summed E-state index contributed by atoms with van der Waals surface area (Å²) in [4.78, 5) is 11.4. The van der Waals surface area contributed by atoms with Crippen molar-refractivity contribution < 1.29 is 8.42 Å². The molecule has 2 aromatic heterocycles. The number of benzene rings is 1. The van der Waals surface area contributed by atoms with Crippen molar-refractivity contribution in [1.29, 1.82) is 0 Å². The molecule has 152 valence electrons. The molecule has 9 heteroatoms. The number of nitrogens with zero attached hydrogens (tertiary/aromatic N) is 5. The van der Waals surface area contributed by atoms with E-state index in [9.17, 15) is 8.42 Å². The predicted octanol–water partition coefficient (Wildman–Crippen LogP) is 1.89. The van der Waals surface area contributed by atoms with Gasteiger partial charge in [0.25, 0.3) is 0 Å². The van der Waals surface area contributed by atoms with E-state index >= 15 is 0 Å². The van der Waals surface area contributed by atoms with E-state index in [0.717, 1.165) is 30.3 Å². The van der Waals surface area contributed by atoms with E-state index in [4.69, 9.17) is 10.1 Å². The number of primary sulfonamides is 1. The number of hydrogen-bond acceptors (Lipinski definition) is 6. The van der Waals surface area contributed by atoms with Crippen LogP contribution in [0.15, 0.2) is 53.6 Å². The largest absolute Gasteiger partial charge is 0.296 e. The molecule has 0 unspecified atom stereocenters. The van der Waals surface area contributed by atoms with Crippen LogP contribution in [0, 0.1) is 0 Å². The first-order valence-corrected chi connectivity index (χ1v) is 11.2. The highest BCUT2D eigenvalue weighted by Crippen LogP contribution is 2.16. The van der Waals surface area contributed by atoms with Gasteiger partial charge in [-0.2, -0.15) is 4.68 Å². The minimum atomic E-state index is -3.79. The number of aromatic nitrogens is 4. The van der Waals surface area contributed by atoms with Crippen LogP contribution < -0.4 is 5.14 Å². The fourth-order valence-electron chi connectivity index (χ4n) is 3.52. The van der Waals surface area contributed by atoms with E-state index in [1.807, 2.05) is 30.3 Å². The SMILES string of the molecule is NS(=O)(=O)c1ccc(-n2nc(CN3CCCCC3)nc2Cc2ccccc2)nc1. The van der Waals surface area contributed by atoms with Crippen molar-refractivity contribution in [2.45, 2.75) is 37.1 Å². The summed E-state index contributed by atoms with van der Waals surface area (Å²) in [5.41, 5.74) is 1.12. The van der Waals surface area contributed by atoms with Gasteiger partial charge in [-0.15, -0.1) is 5.10 Å². The Bertz CT molecular complexity index is 1060. The third-order valence-corrected chi connectivity index (χ3v) is 5.90. The van der Waals surface area contributed by atoms with Gasteiger partial charge >= 0.3 is 0 Å². The minimum Gasteiger partial charge on any atom is -0.296 e. The lowest BCUT2D eigenvalue weighted by atomic mass is 10.1. The number of nitrogens with two attached hydrogens (primary N) is 1. The van der Waals surface area contributed by atoms with Crippen LogP contribution in [-0.4, -0.2) is 46.2 Å². The fraction of sp³-hybridized carbons (Fsp3) is 0.350. The van der Waals surface area contributed by atoms with Gasteiger partial charge in [0.15, 0.2) is 11.6 Å². The molecule has 0 spiro atoms. The molecule has 29 heavy (non-hydrogen) atoms. The minimum absolute atomic E-state index is 0.0282. The summed E-state index contributed by atoms with van der Waals surface area (Å²) in [6.45, 7) is 2.82. The molecule has 0 aliphatic carbocycles.